The van der Waals surface area contributed by atoms with Crippen LogP contribution in [0, 0.1) is 18.4 Å². The van der Waals surface area contributed by atoms with Gasteiger partial charge in [0.15, 0.2) is 0 Å². The second-order valence-electron chi connectivity index (χ2n) is 1.42. The van der Waals surface area contributed by atoms with Crippen molar-refractivity contribution in [1.29, 1.82) is 0 Å². The summed E-state index contributed by atoms with van der Waals surface area (Å²) in [6.45, 7) is 0. The number of hydrogen-bond donors (Lipinski definition) is 0. The predicted octanol–water partition coefficient (Wildman–Crippen LogP) is 1.47. The molecular weight excluding hydrogens is 155 g/mol. The molecule has 0 bridgehead atoms. The maximum absolute atomic E-state index is 5.07. The third-order valence-electron chi connectivity index (χ3n) is 0.865. The van der Waals surface area contributed by atoms with E-state index < -0.39 is 0 Å². The molecule has 0 N–H and O–H groups in total. The zero-order chi connectivity index (χ0) is 5.82. The molecule has 0 spiro atoms. The Kier molecular flexibility index (Phi) is 3.86. The molecule has 0 saturated heterocycles. The first kappa shape index (κ1) is 8.29. The summed E-state index contributed by atoms with van der Waals surface area (Å²) in [6, 6.07) is 10.3. The van der Waals surface area contributed by atoms with Gasteiger partial charge in [0.05, 0.1) is 0 Å². The Balaban J connectivity index is 0.000000640. The molecule has 0 heterocycles. The van der Waals surface area contributed by atoms with Crippen LogP contribution in [0.2, 0.25) is 0 Å². The standard InChI is InChI=1S/C8H5.Co/c1-2-8-6-4-3-5-7-8;/h1,3-6H;/q-1;. The molecule has 1 rings (SSSR count). The van der Waals surface area contributed by atoms with Gasteiger partial charge >= 0.3 is 0 Å². The quantitative estimate of drug-likeness (QED) is 0.398. The van der Waals surface area contributed by atoms with E-state index in [1.54, 1.807) is 6.07 Å². The van der Waals surface area contributed by atoms with Crippen LogP contribution in [0.4, 0.5) is 0 Å². The Bertz CT molecular complexity index is 196. The topological polar surface area (TPSA) is 0 Å². The SMILES string of the molecule is C#Cc1[c-]cccc1.[Co]. The van der Waals surface area contributed by atoms with E-state index in [1.165, 1.54) is 0 Å². The molecule has 0 fully saturated rings. The molecule has 0 aliphatic carbocycles. The summed E-state index contributed by atoms with van der Waals surface area (Å²) in [7, 11) is 0. The Hall–Kier alpha value is -0.714. The number of benzene rings is 1. The Labute approximate surface area is 65.5 Å². The fourth-order valence-electron chi connectivity index (χ4n) is 0.483. The van der Waals surface area contributed by atoms with Crippen LogP contribution in [0.5, 0.6) is 0 Å². The van der Waals surface area contributed by atoms with Gasteiger partial charge in [0.1, 0.15) is 0 Å². The third-order valence-corrected chi connectivity index (χ3v) is 0.865. The number of hydrogen-bond acceptors (Lipinski definition) is 0. The van der Waals surface area contributed by atoms with Gasteiger partial charge in [-0.15, -0.1) is 35.9 Å². The first-order valence-electron chi connectivity index (χ1n) is 2.37. The van der Waals surface area contributed by atoms with Gasteiger partial charge in [0.2, 0.25) is 0 Å². The average molecular weight is 160 g/mol. The van der Waals surface area contributed by atoms with Crippen molar-refractivity contribution in [2.75, 3.05) is 0 Å². The molecule has 0 aliphatic rings. The van der Waals surface area contributed by atoms with Crippen LogP contribution in [-0.4, -0.2) is 0 Å². The van der Waals surface area contributed by atoms with Gasteiger partial charge in [-0.05, 0) is 0 Å². The van der Waals surface area contributed by atoms with Gasteiger partial charge in [-0.2, -0.15) is 12.3 Å². The summed E-state index contributed by atoms with van der Waals surface area (Å²) in [5, 5.41) is 0. The van der Waals surface area contributed by atoms with E-state index in [9.17, 15) is 0 Å². The van der Waals surface area contributed by atoms with Crippen molar-refractivity contribution in [3.63, 3.8) is 0 Å². The molecule has 1 aromatic carbocycles. The summed E-state index contributed by atoms with van der Waals surface area (Å²) in [5.74, 6) is 2.47. The molecule has 9 heavy (non-hydrogen) atoms. The van der Waals surface area contributed by atoms with E-state index in [-0.39, 0.29) is 16.8 Å². The Morgan fingerprint density at radius 1 is 1.44 bits per heavy atom. The monoisotopic (exact) mass is 160 g/mol. The van der Waals surface area contributed by atoms with Crippen molar-refractivity contribution in [3.8, 4) is 12.3 Å². The number of rotatable bonds is 0. The van der Waals surface area contributed by atoms with Crippen LogP contribution in [-0.2, 0) is 16.8 Å². The maximum atomic E-state index is 5.07. The molecular formula is C8H5Co-. The maximum Gasteiger partial charge on any atom is 0 e. The van der Waals surface area contributed by atoms with Crippen LogP contribution in [0.15, 0.2) is 24.3 Å². The third kappa shape index (κ3) is 2.36. The normalized spacial score (nSPS) is 7.00. The van der Waals surface area contributed by atoms with E-state index in [2.05, 4.69) is 12.0 Å². The van der Waals surface area contributed by atoms with E-state index in [0.717, 1.165) is 5.56 Å². The van der Waals surface area contributed by atoms with E-state index in [1.807, 2.05) is 18.2 Å². The van der Waals surface area contributed by atoms with Crippen molar-refractivity contribution in [2.24, 2.45) is 0 Å². The molecule has 47 valence electrons. The Morgan fingerprint density at radius 3 is 2.56 bits per heavy atom. The fraction of sp³-hybridized carbons (Fsp3) is 0. The average Bonchev–Trinajstić information content (AvgIpc) is 1.90. The van der Waals surface area contributed by atoms with Gasteiger partial charge in [-0.1, -0.05) is 0 Å². The molecule has 0 unspecified atom stereocenters. The van der Waals surface area contributed by atoms with Crippen molar-refractivity contribution in [3.05, 3.63) is 35.9 Å². The minimum absolute atomic E-state index is 0. The second kappa shape index (κ2) is 4.19. The molecule has 0 aliphatic heterocycles. The second-order valence-corrected chi connectivity index (χ2v) is 1.42. The van der Waals surface area contributed by atoms with Crippen LogP contribution in [0.25, 0.3) is 0 Å². The van der Waals surface area contributed by atoms with E-state index in [0.29, 0.717) is 0 Å². The van der Waals surface area contributed by atoms with Crippen LogP contribution in [0.3, 0.4) is 0 Å². The van der Waals surface area contributed by atoms with Crippen LogP contribution >= 0.6 is 0 Å². The molecule has 0 atom stereocenters. The van der Waals surface area contributed by atoms with Gasteiger partial charge < -0.3 is 0 Å². The summed E-state index contributed by atoms with van der Waals surface area (Å²) >= 11 is 0. The Morgan fingerprint density at radius 2 is 2.22 bits per heavy atom. The molecule has 0 amide bonds. The molecule has 0 aromatic heterocycles. The molecule has 0 nitrogen and oxygen atoms in total. The van der Waals surface area contributed by atoms with Crippen molar-refractivity contribution in [1.82, 2.24) is 0 Å². The fourth-order valence-corrected chi connectivity index (χ4v) is 0.483. The van der Waals surface area contributed by atoms with Crippen molar-refractivity contribution < 1.29 is 16.8 Å². The van der Waals surface area contributed by atoms with Crippen molar-refractivity contribution >= 4 is 0 Å². The zero-order valence-corrected chi connectivity index (χ0v) is 5.76. The molecule has 0 saturated carbocycles. The smallest absolute Gasteiger partial charge is 0 e. The van der Waals surface area contributed by atoms with E-state index in [4.69, 9.17) is 6.42 Å². The predicted molar refractivity (Wildman–Crippen MR) is 33.2 cm³/mol. The zero-order valence-electron chi connectivity index (χ0n) is 4.72. The van der Waals surface area contributed by atoms with Crippen LogP contribution < -0.4 is 0 Å². The number of terminal acetylenes is 1. The largest absolute Gasteiger partial charge is 0.195 e. The summed E-state index contributed by atoms with van der Waals surface area (Å²) in [5.41, 5.74) is 0.813. The van der Waals surface area contributed by atoms with E-state index >= 15 is 0 Å². The molecule has 1 radical (unpaired) electrons. The molecule has 1 aromatic rings. The molecule has 1 heteroatoms. The van der Waals surface area contributed by atoms with Crippen LogP contribution in [0.1, 0.15) is 5.56 Å². The summed E-state index contributed by atoms with van der Waals surface area (Å²) in [4.78, 5) is 0. The van der Waals surface area contributed by atoms with Crippen molar-refractivity contribution in [2.45, 2.75) is 0 Å². The minimum Gasteiger partial charge on any atom is -0.195 e. The summed E-state index contributed by atoms with van der Waals surface area (Å²) in [6.07, 6.45) is 5.07. The van der Waals surface area contributed by atoms with Gasteiger partial charge in [-0.25, -0.2) is 0 Å². The van der Waals surface area contributed by atoms with Gasteiger partial charge in [-0.3, -0.25) is 0 Å². The minimum atomic E-state index is 0. The first-order valence-corrected chi connectivity index (χ1v) is 2.37. The summed E-state index contributed by atoms with van der Waals surface area (Å²) < 4.78 is 0. The first-order chi connectivity index (χ1) is 3.93. The van der Waals surface area contributed by atoms with Gasteiger partial charge in [0.25, 0.3) is 0 Å². The van der Waals surface area contributed by atoms with Gasteiger partial charge in [0, 0.05) is 16.8 Å².